The van der Waals surface area contributed by atoms with Gasteiger partial charge in [0.1, 0.15) is 22.9 Å². The number of hydrogen-bond donors (Lipinski definition) is 2. The van der Waals surface area contributed by atoms with Crippen LogP contribution in [0.3, 0.4) is 0 Å². The molecule has 38 heavy (non-hydrogen) atoms. The number of fused-ring (bicyclic) bond motifs is 1. The Bertz CT molecular complexity index is 1340. The molecular formula is C25H27N3O6S3Si. The van der Waals surface area contributed by atoms with Gasteiger partial charge in [-0.05, 0) is 61.6 Å². The molecule has 4 rings (SSSR count). The smallest absolute Gasteiger partial charge is 0.356 e. The molecule has 0 bridgehead atoms. The number of hydrogen-bond acceptors (Lipinski definition) is 9. The molecule has 3 aromatic rings. The zero-order valence-corrected chi connectivity index (χ0v) is 24.6. The summed E-state index contributed by atoms with van der Waals surface area (Å²) < 4.78 is 13.2. The van der Waals surface area contributed by atoms with Gasteiger partial charge in [0.05, 0.1) is 10.2 Å². The molecule has 2 N–H and O–H groups in total. The molecule has 0 radical (unpaired) electrons. The number of ether oxygens (including phenoxy) is 1. The fourth-order valence-electron chi connectivity index (χ4n) is 3.72. The molecule has 1 fully saturated rings. The highest BCUT2D eigenvalue weighted by molar-refractivity contribution is 8.77. The van der Waals surface area contributed by atoms with Crippen LogP contribution in [-0.2, 0) is 18.8 Å². The van der Waals surface area contributed by atoms with Crippen molar-refractivity contribution in [3.8, 4) is 5.75 Å². The first-order valence-corrected chi connectivity index (χ1v) is 18.1. The lowest BCUT2D eigenvalue weighted by atomic mass is 10.1. The minimum Gasteiger partial charge on any atom is -0.546 e. The van der Waals surface area contributed by atoms with Crippen LogP contribution in [0.25, 0.3) is 10.2 Å². The lowest BCUT2D eigenvalue weighted by Crippen LogP contribution is -2.69. The van der Waals surface area contributed by atoms with E-state index in [2.05, 4.69) is 10.3 Å². The molecule has 0 aliphatic carbocycles. The van der Waals surface area contributed by atoms with E-state index in [1.807, 2.05) is 50.0 Å². The maximum absolute atomic E-state index is 13.2. The van der Waals surface area contributed by atoms with E-state index >= 15 is 0 Å². The van der Waals surface area contributed by atoms with Crippen molar-refractivity contribution in [2.45, 2.75) is 42.3 Å². The second-order valence-corrected chi connectivity index (χ2v) is 17.3. The summed E-state index contributed by atoms with van der Waals surface area (Å²) in [5, 5.41) is 12.0. The van der Waals surface area contributed by atoms with Crippen LogP contribution in [0.4, 0.5) is 0 Å². The summed E-state index contributed by atoms with van der Waals surface area (Å²) in [7, 11) is 0.443. The van der Waals surface area contributed by atoms with Gasteiger partial charge in [-0.1, -0.05) is 41.1 Å². The minimum absolute atomic E-state index is 0.165. The molecule has 13 heteroatoms. The van der Waals surface area contributed by atoms with Crippen molar-refractivity contribution in [2.75, 3.05) is 6.61 Å². The van der Waals surface area contributed by atoms with E-state index in [1.165, 1.54) is 37.8 Å². The van der Waals surface area contributed by atoms with E-state index < -0.39 is 37.5 Å². The Kier molecular flexibility index (Phi) is 8.70. The molecule has 9 nitrogen and oxygen atoms in total. The number of amides is 2. The number of nitrogens with one attached hydrogen (secondary N) is 1. The molecule has 1 saturated heterocycles. The number of thiazole rings is 1. The van der Waals surface area contributed by atoms with Crippen molar-refractivity contribution >= 4 is 69.2 Å². The zero-order valence-electron chi connectivity index (χ0n) is 21.2. The number of allylic oxidation sites excluding steroid dienone is 1. The van der Waals surface area contributed by atoms with Gasteiger partial charge in [-0.25, -0.2) is 9.78 Å². The van der Waals surface area contributed by atoms with Gasteiger partial charge < -0.3 is 19.6 Å². The van der Waals surface area contributed by atoms with Crippen LogP contribution in [0.15, 0.2) is 70.4 Å². The number of nitrogens with zero attached hydrogens (tertiary/aromatic N) is 2. The predicted octanol–water partition coefficient (Wildman–Crippen LogP) is 4.94. The summed E-state index contributed by atoms with van der Waals surface area (Å²) in [4.78, 5) is 44.0. The Morgan fingerprint density at radius 1 is 1.13 bits per heavy atom. The molecule has 2 amide bonds. The van der Waals surface area contributed by atoms with E-state index in [0.717, 1.165) is 14.6 Å². The fraction of sp³-hybridized carbons (Fsp3) is 0.280. The number of para-hydroxylation sites is 2. The Balaban J connectivity index is 1.54. The van der Waals surface area contributed by atoms with E-state index in [0.29, 0.717) is 5.75 Å². The Morgan fingerprint density at radius 2 is 1.82 bits per heavy atom. The van der Waals surface area contributed by atoms with E-state index in [4.69, 9.17) is 9.16 Å². The summed E-state index contributed by atoms with van der Waals surface area (Å²) in [6.45, 7) is 7.06. The van der Waals surface area contributed by atoms with Crippen molar-refractivity contribution in [3.05, 3.63) is 66.1 Å². The van der Waals surface area contributed by atoms with Crippen LogP contribution in [0.5, 0.6) is 5.75 Å². The van der Waals surface area contributed by atoms with Gasteiger partial charge in [0.25, 0.3) is 11.8 Å². The standard InChI is InChI=1S/C25H27N3O6S3Si/c1-15(34-38(2,3)4)21(24(31)32)28-22(30)20(27-19(29)14-33-16-10-6-5-7-11-16)23(28)36-37-25-26-17-12-8-9-13-18(17)35-25/h5-13,20,23H,14H2,1-4H3,(H,27,29)(H,31,32)/b21-15+. The fourth-order valence-corrected chi connectivity index (χ4v) is 8.65. The quantitative estimate of drug-likeness (QED) is 0.105. The third-order valence-corrected chi connectivity index (χ3v) is 10.1. The maximum atomic E-state index is 13.2. The average Bonchev–Trinajstić information content (AvgIpc) is 3.28. The molecule has 1 aliphatic heterocycles. The second-order valence-electron chi connectivity index (χ2n) is 9.30. The minimum atomic E-state index is -2.15. The number of likely N-dealkylation sites (tertiary alicyclic amines) is 1. The lowest BCUT2D eigenvalue weighted by Gasteiger charge is -2.46. The van der Waals surface area contributed by atoms with E-state index in [1.54, 1.807) is 31.2 Å². The van der Waals surface area contributed by atoms with Gasteiger partial charge in [-0.15, -0.1) is 11.3 Å². The first kappa shape index (κ1) is 28.0. The molecule has 0 saturated carbocycles. The predicted molar refractivity (Wildman–Crippen MR) is 152 cm³/mol. The highest BCUT2D eigenvalue weighted by Gasteiger charge is 2.53. The number of carboxylic acid groups (broad SMARTS) is 1. The summed E-state index contributed by atoms with van der Waals surface area (Å²) >= 11 is 1.50. The molecule has 2 heterocycles. The van der Waals surface area contributed by atoms with Crippen molar-refractivity contribution in [1.82, 2.24) is 15.2 Å². The number of aromatic nitrogens is 1. The first-order valence-electron chi connectivity index (χ1n) is 11.7. The number of carboxylic acids is 1. The molecule has 1 aromatic heterocycles. The van der Waals surface area contributed by atoms with Gasteiger partial charge in [-0.2, -0.15) is 0 Å². The highest BCUT2D eigenvalue weighted by atomic mass is 33.1. The number of carbonyl (C=O) groups is 3. The monoisotopic (exact) mass is 589 g/mol. The highest BCUT2D eigenvalue weighted by Crippen LogP contribution is 2.45. The molecule has 2 atom stereocenters. The van der Waals surface area contributed by atoms with Crippen LogP contribution < -0.4 is 10.1 Å². The normalized spacial score (nSPS) is 18.0. The third-order valence-electron chi connectivity index (χ3n) is 5.20. The molecular weight excluding hydrogens is 563 g/mol. The average molecular weight is 590 g/mol. The lowest BCUT2D eigenvalue weighted by molar-refractivity contribution is -0.151. The summed E-state index contributed by atoms with van der Waals surface area (Å²) in [5.74, 6) is -1.61. The molecule has 1 aliphatic rings. The summed E-state index contributed by atoms with van der Waals surface area (Å²) in [6.07, 6.45) is 0. The SMILES string of the molecule is C/C(O[Si](C)(C)C)=C(/C(=O)O)N1C(=O)C(NC(=O)COc2ccccc2)C1SSc1nc2ccccc2s1. The zero-order chi connectivity index (χ0) is 27.4. The first-order chi connectivity index (χ1) is 18.0. The van der Waals surface area contributed by atoms with Crippen LogP contribution in [0, 0.1) is 0 Å². The van der Waals surface area contributed by atoms with Gasteiger partial charge >= 0.3 is 5.97 Å². The van der Waals surface area contributed by atoms with Gasteiger partial charge in [0, 0.05) is 0 Å². The Labute approximate surface area is 233 Å². The van der Waals surface area contributed by atoms with Crippen LogP contribution >= 0.6 is 32.9 Å². The van der Waals surface area contributed by atoms with E-state index in [9.17, 15) is 19.5 Å². The van der Waals surface area contributed by atoms with Crippen molar-refractivity contribution in [1.29, 1.82) is 0 Å². The van der Waals surface area contributed by atoms with E-state index in [-0.39, 0.29) is 18.1 Å². The number of benzene rings is 2. The topological polar surface area (TPSA) is 118 Å². The number of carbonyl (C=O) groups excluding carboxylic acids is 2. The second kappa shape index (κ2) is 11.8. The van der Waals surface area contributed by atoms with Gasteiger partial charge in [0.2, 0.25) is 8.32 Å². The van der Waals surface area contributed by atoms with Gasteiger partial charge in [-0.3, -0.25) is 14.5 Å². The number of rotatable bonds is 11. The molecule has 2 aromatic carbocycles. The van der Waals surface area contributed by atoms with Crippen molar-refractivity contribution in [2.24, 2.45) is 0 Å². The Morgan fingerprint density at radius 3 is 2.47 bits per heavy atom. The largest absolute Gasteiger partial charge is 0.546 e. The van der Waals surface area contributed by atoms with Crippen LogP contribution in [0.2, 0.25) is 19.6 Å². The molecule has 200 valence electrons. The summed E-state index contributed by atoms with van der Waals surface area (Å²) in [6, 6.07) is 15.6. The number of β-lactam (4-membered cyclic amide) rings is 1. The van der Waals surface area contributed by atoms with Crippen LogP contribution in [0.1, 0.15) is 6.92 Å². The van der Waals surface area contributed by atoms with Gasteiger partial charge in [0.15, 0.2) is 16.6 Å². The Hall–Kier alpha value is -3.00. The summed E-state index contributed by atoms with van der Waals surface area (Å²) in [5.41, 5.74) is 0.626. The third kappa shape index (κ3) is 6.70. The molecule has 2 unspecified atom stereocenters. The maximum Gasteiger partial charge on any atom is 0.356 e. The molecule has 0 spiro atoms. The van der Waals surface area contributed by atoms with Crippen LogP contribution in [-0.4, -0.2) is 59.1 Å². The van der Waals surface area contributed by atoms with Crippen molar-refractivity contribution < 1.29 is 28.7 Å². The number of aliphatic carboxylic acids is 1. The van der Waals surface area contributed by atoms with Crippen molar-refractivity contribution in [3.63, 3.8) is 0 Å².